The third-order valence-corrected chi connectivity index (χ3v) is 3.18. The highest BCUT2D eigenvalue weighted by atomic mass is 35.5. The van der Waals surface area contributed by atoms with Gasteiger partial charge in [-0.2, -0.15) is 0 Å². The smallest absolute Gasteiger partial charge is 0.137 e. The highest BCUT2D eigenvalue weighted by Crippen LogP contribution is 2.22. The molecular weight excluding hydrogens is 248 g/mol. The zero-order valence-electron chi connectivity index (χ0n) is 11.3. The van der Waals surface area contributed by atoms with E-state index in [-0.39, 0.29) is 0 Å². The first-order chi connectivity index (χ1) is 8.77. The van der Waals surface area contributed by atoms with Gasteiger partial charge in [-0.1, -0.05) is 37.6 Å². The average Bonchev–Trinajstić information content (AvgIpc) is 2.40. The van der Waals surface area contributed by atoms with E-state index in [0.717, 1.165) is 38.5 Å². The van der Waals surface area contributed by atoms with Gasteiger partial charge in [-0.15, -0.1) is 0 Å². The summed E-state index contributed by atoms with van der Waals surface area (Å²) < 4.78 is 5.59. The maximum Gasteiger partial charge on any atom is 0.137 e. The SMILES string of the molecule is CCN(CC)CCNCCOc1ccccc1Cl. The number of hydrogen-bond donors (Lipinski definition) is 1. The summed E-state index contributed by atoms with van der Waals surface area (Å²) in [5.41, 5.74) is 0. The number of para-hydroxylation sites is 1. The van der Waals surface area contributed by atoms with Crippen molar-refractivity contribution in [1.29, 1.82) is 0 Å². The van der Waals surface area contributed by atoms with E-state index in [9.17, 15) is 0 Å². The summed E-state index contributed by atoms with van der Waals surface area (Å²) in [6.07, 6.45) is 0. The monoisotopic (exact) mass is 270 g/mol. The molecule has 0 fully saturated rings. The molecule has 0 amide bonds. The summed E-state index contributed by atoms with van der Waals surface area (Å²) in [5, 5.41) is 4.03. The van der Waals surface area contributed by atoms with Crippen molar-refractivity contribution < 1.29 is 4.74 Å². The van der Waals surface area contributed by atoms with Crippen molar-refractivity contribution in [1.82, 2.24) is 10.2 Å². The van der Waals surface area contributed by atoms with Crippen molar-refractivity contribution >= 4 is 11.6 Å². The van der Waals surface area contributed by atoms with E-state index in [4.69, 9.17) is 16.3 Å². The normalized spacial score (nSPS) is 10.9. The van der Waals surface area contributed by atoms with Crippen LogP contribution in [0.4, 0.5) is 0 Å². The van der Waals surface area contributed by atoms with Crippen LogP contribution >= 0.6 is 11.6 Å². The quantitative estimate of drug-likeness (QED) is 0.698. The number of hydrogen-bond acceptors (Lipinski definition) is 3. The van der Waals surface area contributed by atoms with Gasteiger partial charge in [-0.25, -0.2) is 0 Å². The van der Waals surface area contributed by atoms with Crippen molar-refractivity contribution in [3.8, 4) is 5.75 Å². The molecule has 0 aromatic heterocycles. The fraction of sp³-hybridized carbons (Fsp3) is 0.571. The first-order valence-corrected chi connectivity index (χ1v) is 6.96. The van der Waals surface area contributed by atoms with E-state index in [1.54, 1.807) is 0 Å². The molecule has 4 heteroatoms. The molecule has 0 unspecified atom stereocenters. The fourth-order valence-corrected chi connectivity index (χ4v) is 1.89. The van der Waals surface area contributed by atoms with Crippen LogP contribution in [0.2, 0.25) is 5.02 Å². The van der Waals surface area contributed by atoms with Crippen LogP contribution in [0.25, 0.3) is 0 Å². The van der Waals surface area contributed by atoms with Crippen LogP contribution in [-0.2, 0) is 0 Å². The molecule has 0 bridgehead atoms. The van der Waals surface area contributed by atoms with Crippen molar-refractivity contribution in [2.75, 3.05) is 39.3 Å². The molecular formula is C14H23ClN2O. The Morgan fingerprint density at radius 1 is 1.17 bits per heavy atom. The molecule has 0 heterocycles. The summed E-state index contributed by atoms with van der Waals surface area (Å²) in [5.74, 6) is 0.754. The molecule has 1 rings (SSSR count). The van der Waals surface area contributed by atoms with Crippen LogP contribution < -0.4 is 10.1 Å². The lowest BCUT2D eigenvalue weighted by atomic mass is 10.3. The lowest BCUT2D eigenvalue weighted by Gasteiger charge is -2.18. The Morgan fingerprint density at radius 2 is 1.89 bits per heavy atom. The molecule has 0 spiro atoms. The van der Waals surface area contributed by atoms with E-state index in [1.165, 1.54) is 0 Å². The molecule has 0 saturated carbocycles. The number of nitrogens with one attached hydrogen (secondary N) is 1. The fourth-order valence-electron chi connectivity index (χ4n) is 1.70. The summed E-state index contributed by atoms with van der Waals surface area (Å²) in [6.45, 7) is 10.1. The second kappa shape index (κ2) is 9.20. The lowest BCUT2D eigenvalue weighted by Crippen LogP contribution is -2.33. The van der Waals surface area contributed by atoms with E-state index in [2.05, 4.69) is 24.1 Å². The second-order valence-electron chi connectivity index (χ2n) is 4.06. The van der Waals surface area contributed by atoms with Gasteiger partial charge >= 0.3 is 0 Å². The number of nitrogens with zero attached hydrogens (tertiary/aromatic N) is 1. The van der Waals surface area contributed by atoms with Crippen molar-refractivity contribution in [3.63, 3.8) is 0 Å². The van der Waals surface area contributed by atoms with Gasteiger partial charge in [0, 0.05) is 19.6 Å². The highest BCUT2D eigenvalue weighted by Gasteiger charge is 2.00. The molecule has 1 aromatic carbocycles. The van der Waals surface area contributed by atoms with Crippen LogP contribution in [0.5, 0.6) is 5.75 Å². The Bertz CT molecular complexity index is 329. The van der Waals surface area contributed by atoms with Crippen molar-refractivity contribution in [2.45, 2.75) is 13.8 Å². The number of halogens is 1. The number of rotatable bonds is 9. The van der Waals surface area contributed by atoms with Gasteiger partial charge in [0.1, 0.15) is 12.4 Å². The minimum Gasteiger partial charge on any atom is -0.491 e. The molecule has 0 atom stereocenters. The molecule has 0 aliphatic heterocycles. The van der Waals surface area contributed by atoms with Crippen LogP contribution in [0.1, 0.15) is 13.8 Å². The minimum atomic E-state index is 0.641. The van der Waals surface area contributed by atoms with Gasteiger partial charge in [0.2, 0.25) is 0 Å². The molecule has 1 aromatic rings. The molecule has 0 saturated heterocycles. The predicted octanol–water partition coefficient (Wildman–Crippen LogP) is 2.65. The largest absolute Gasteiger partial charge is 0.491 e. The molecule has 0 aliphatic carbocycles. The first kappa shape index (κ1) is 15.3. The predicted molar refractivity (Wildman–Crippen MR) is 77.6 cm³/mol. The summed E-state index contributed by atoms with van der Waals surface area (Å²) in [7, 11) is 0. The third-order valence-electron chi connectivity index (χ3n) is 2.87. The average molecular weight is 271 g/mol. The molecule has 0 aliphatic rings. The Morgan fingerprint density at radius 3 is 2.56 bits per heavy atom. The first-order valence-electron chi connectivity index (χ1n) is 6.58. The second-order valence-corrected chi connectivity index (χ2v) is 4.46. The topological polar surface area (TPSA) is 24.5 Å². The molecule has 0 radical (unpaired) electrons. The zero-order chi connectivity index (χ0) is 13.2. The summed E-state index contributed by atoms with van der Waals surface area (Å²) in [6, 6.07) is 7.55. The standard InChI is InChI=1S/C14H23ClN2O/c1-3-17(4-2)11-9-16-10-12-18-14-8-6-5-7-13(14)15/h5-8,16H,3-4,9-12H2,1-2H3. The molecule has 3 nitrogen and oxygen atoms in total. The zero-order valence-corrected chi connectivity index (χ0v) is 12.0. The van der Waals surface area contributed by atoms with Gasteiger partial charge < -0.3 is 15.0 Å². The van der Waals surface area contributed by atoms with E-state index in [0.29, 0.717) is 11.6 Å². The number of likely N-dealkylation sites (N-methyl/N-ethyl adjacent to an activating group) is 1. The van der Waals surface area contributed by atoms with Crippen LogP contribution in [0.3, 0.4) is 0 Å². The third kappa shape index (κ3) is 5.71. The highest BCUT2D eigenvalue weighted by molar-refractivity contribution is 6.32. The van der Waals surface area contributed by atoms with Crippen LogP contribution in [0.15, 0.2) is 24.3 Å². The Hall–Kier alpha value is -0.770. The Balaban J connectivity index is 2.07. The van der Waals surface area contributed by atoms with Gasteiger partial charge in [-0.3, -0.25) is 0 Å². The maximum atomic E-state index is 5.99. The molecule has 102 valence electrons. The molecule has 18 heavy (non-hydrogen) atoms. The van der Waals surface area contributed by atoms with Crippen molar-refractivity contribution in [2.24, 2.45) is 0 Å². The number of benzene rings is 1. The van der Waals surface area contributed by atoms with Gasteiger partial charge in [-0.05, 0) is 25.2 Å². The minimum absolute atomic E-state index is 0.641. The summed E-state index contributed by atoms with van der Waals surface area (Å²) in [4.78, 5) is 2.39. The van der Waals surface area contributed by atoms with Gasteiger partial charge in [0.05, 0.1) is 5.02 Å². The lowest BCUT2D eigenvalue weighted by molar-refractivity contribution is 0.285. The van der Waals surface area contributed by atoms with Crippen molar-refractivity contribution in [3.05, 3.63) is 29.3 Å². The van der Waals surface area contributed by atoms with Gasteiger partial charge in [0.15, 0.2) is 0 Å². The van der Waals surface area contributed by atoms with Crippen LogP contribution in [-0.4, -0.2) is 44.2 Å². The van der Waals surface area contributed by atoms with Crippen LogP contribution in [0, 0.1) is 0 Å². The van der Waals surface area contributed by atoms with E-state index in [1.807, 2.05) is 24.3 Å². The summed E-state index contributed by atoms with van der Waals surface area (Å²) >= 11 is 5.99. The van der Waals surface area contributed by atoms with E-state index >= 15 is 0 Å². The Labute approximate surface area is 115 Å². The maximum absolute atomic E-state index is 5.99. The molecule has 1 N–H and O–H groups in total. The Kier molecular flexibility index (Phi) is 7.81. The number of ether oxygens (including phenoxy) is 1. The van der Waals surface area contributed by atoms with Gasteiger partial charge in [0.25, 0.3) is 0 Å². The van der Waals surface area contributed by atoms with E-state index < -0.39 is 0 Å².